The number of ether oxygens (including phenoxy) is 3. The van der Waals surface area contributed by atoms with E-state index in [2.05, 4.69) is 118 Å². The molecule has 370 valence electrons. The van der Waals surface area contributed by atoms with E-state index in [1.165, 1.54) is 89.9 Å². The molecule has 0 heterocycles. The summed E-state index contributed by atoms with van der Waals surface area (Å²) in [5.41, 5.74) is 0. The zero-order valence-electron chi connectivity index (χ0n) is 42.2. The summed E-state index contributed by atoms with van der Waals surface area (Å²) >= 11 is 0. The van der Waals surface area contributed by atoms with Crippen LogP contribution >= 0.6 is 0 Å². The molecule has 0 rings (SSSR count). The van der Waals surface area contributed by atoms with Gasteiger partial charge in [-0.1, -0.05) is 221 Å². The molecule has 0 aliphatic carbocycles. The smallest absolute Gasteiger partial charge is 0.306 e. The lowest BCUT2D eigenvalue weighted by molar-refractivity contribution is -0.167. The van der Waals surface area contributed by atoms with E-state index in [-0.39, 0.29) is 37.5 Å². The van der Waals surface area contributed by atoms with E-state index in [1.54, 1.807) is 0 Å². The first kappa shape index (κ1) is 61.3. The molecular formula is C59H98O6. The first-order valence-electron chi connectivity index (χ1n) is 26.8. The molecule has 0 aliphatic heterocycles. The summed E-state index contributed by atoms with van der Waals surface area (Å²) in [5.74, 6) is -0.997. The van der Waals surface area contributed by atoms with Crippen LogP contribution in [0.4, 0.5) is 0 Å². The van der Waals surface area contributed by atoms with Crippen LogP contribution in [0.1, 0.15) is 239 Å². The predicted molar refractivity (Wildman–Crippen MR) is 279 cm³/mol. The van der Waals surface area contributed by atoms with Gasteiger partial charge in [-0.05, 0) is 96.3 Å². The second kappa shape index (κ2) is 52.9. The van der Waals surface area contributed by atoms with Crippen molar-refractivity contribution in [2.75, 3.05) is 13.2 Å². The maximum Gasteiger partial charge on any atom is 0.306 e. The Bertz CT molecular complexity index is 1310. The molecule has 65 heavy (non-hydrogen) atoms. The third kappa shape index (κ3) is 51.2. The number of hydrogen-bond acceptors (Lipinski definition) is 6. The van der Waals surface area contributed by atoms with Crippen LogP contribution in [-0.2, 0) is 28.6 Å². The Morgan fingerprint density at radius 2 is 0.677 bits per heavy atom. The Kier molecular flexibility index (Phi) is 50.0. The maximum atomic E-state index is 12.8. The van der Waals surface area contributed by atoms with Crippen molar-refractivity contribution in [2.24, 2.45) is 0 Å². The summed E-state index contributed by atoms with van der Waals surface area (Å²) in [4.78, 5) is 38.0. The van der Waals surface area contributed by atoms with E-state index in [0.717, 1.165) is 103 Å². The van der Waals surface area contributed by atoms with E-state index < -0.39 is 6.10 Å². The first-order valence-corrected chi connectivity index (χ1v) is 26.8. The highest BCUT2D eigenvalue weighted by Crippen LogP contribution is 2.14. The van der Waals surface area contributed by atoms with E-state index in [0.29, 0.717) is 19.3 Å². The van der Waals surface area contributed by atoms with Gasteiger partial charge in [-0.15, -0.1) is 0 Å². The minimum atomic E-state index is -0.812. The van der Waals surface area contributed by atoms with Gasteiger partial charge in [0.25, 0.3) is 0 Å². The van der Waals surface area contributed by atoms with Crippen LogP contribution in [0.5, 0.6) is 0 Å². The maximum absolute atomic E-state index is 12.8. The second-order valence-electron chi connectivity index (χ2n) is 17.5. The average molecular weight is 903 g/mol. The fourth-order valence-electron chi connectivity index (χ4n) is 7.12. The lowest BCUT2D eigenvalue weighted by Crippen LogP contribution is -2.30. The first-order chi connectivity index (χ1) is 32.0. The highest BCUT2D eigenvalue weighted by atomic mass is 16.6. The molecule has 1 unspecified atom stereocenters. The third-order valence-electron chi connectivity index (χ3n) is 11.1. The summed E-state index contributed by atoms with van der Waals surface area (Å²) < 4.78 is 16.7. The molecule has 0 aromatic heterocycles. The fraction of sp³-hybridized carbons (Fsp3) is 0.678. The number of carbonyl (C=O) groups is 3. The summed E-state index contributed by atoms with van der Waals surface area (Å²) in [6.07, 6.45) is 69.7. The Morgan fingerprint density at radius 3 is 1.18 bits per heavy atom. The average Bonchev–Trinajstić information content (AvgIpc) is 3.30. The Hall–Kier alpha value is -3.67. The molecule has 0 N–H and O–H groups in total. The molecule has 0 spiro atoms. The number of hydrogen-bond donors (Lipinski definition) is 0. The highest BCUT2D eigenvalue weighted by Gasteiger charge is 2.19. The van der Waals surface area contributed by atoms with E-state index in [4.69, 9.17) is 14.2 Å². The molecule has 0 aromatic carbocycles. The fourth-order valence-corrected chi connectivity index (χ4v) is 7.12. The Labute approximate surface area is 400 Å². The molecule has 0 saturated carbocycles. The van der Waals surface area contributed by atoms with Crippen LogP contribution < -0.4 is 0 Å². The predicted octanol–water partition coefficient (Wildman–Crippen LogP) is 17.8. The van der Waals surface area contributed by atoms with Gasteiger partial charge in [-0.25, -0.2) is 0 Å². The second-order valence-corrected chi connectivity index (χ2v) is 17.5. The number of unbranched alkanes of at least 4 members (excludes halogenated alkanes) is 23. The van der Waals surface area contributed by atoms with Gasteiger partial charge in [0.2, 0.25) is 0 Å². The van der Waals surface area contributed by atoms with Gasteiger partial charge in [-0.2, -0.15) is 0 Å². The monoisotopic (exact) mass is 903 g/mol. The molecule has 0 aromatic rings. The topological polar surface area (TPSA) is 78.9 Å². The summed E-state index contributed by atoms with van der Waals surface area (Å²) in [5, 5.41) is 0. The SMILES string of the molecule is CC/C=C\C/C=C\C/C=C\CCCC(=O)OCC(COC(=O)CCCCCCC\C=C/C=C\C=C/C=C\CCCCC)OC(=O)CCCCCCC/C=C\CCCCCCCCCCC. The number of carbonyl (C=O) groups excluding carboxylic acids is 3. The summed E-state index contributed by atoms with van der Waals surface area (Å²) in [6.45, 7) is 6.40. The van der Waals surface area contributed by atoms with Gasteiger partial charge in [0, 0.05) is 19.3 Å². The molecule has 6 heteroatoms. The quantitative estimate of drug-likeness (QED) is 0.0199. The standard InChI is InChI=1S/C59H98O6/c1-4-7-10-13-16-19-22-24-26-28-30-32-34-37-40-43-46-49-52-58(61)64-55-56(54-63-57(60)51-48-45-42-39-36-21-18-15-12-9-6-3)65-59(62)53-50-47-44-41-38-35-33-31-29-27-25-23-20-17-14-11-8-5-2/h9,12,16,18-19,21-22,24,26,28,30-33,39,42,56H,4-8,10-11,13-15,17,20,23,25,27,29,34-38,40-41,43-55H2,1-3H3/b12-9-,19-16-,21-18-,24-22-,28-26-,32-30-,33-31-,42-39-. The largest absolute Gasteiger partial charge is 0.462 e. The molecule has 1 atom stereocenters. The summed E-state index contributed by atoms with van der Waals surface area (Å²) in [7, 11) is 0. The normalized spacial score (nSPS) is 12.8. The van der Waals surface area contributed by atoms with Gasteiger partial charge in [0.1, 0.15) is 13.2 Å². The van der Waals surface area contributed by atoms with Crippen molar-refractivity contribution >= 4 is 17.9 Å². The van der Waals surface area contributed by atoms with Crippen molar-refractivity contribution in [3.63, 3.8) is 0 Å². The molecule has 0 bridgehead atoms. The highest BCUT2D eigenvalue weighted by molar-refractivity contribution is 5.71. The summed E-state index contributed by atoms with van der Waals surface area (Å²) in [6, 6.07) is 0. The van der Waals surface area contributed by atoms with Crippen molar-refractivity contribution in [2.45, 2.75) is 245 Å². The molecule has 0 saturated heterocycles. The lowest BCUT2D eigenvalue weighted by atomic mass is 10.1. The van der Waals surface area contributed by atoms with E-state index in [1.807, 2.05) is 0 Å². The van der Waals surface area contributed by atoms with Crippen molar-refractivity contribution in [3.8, 4) is 0 Å². The van der Waals surface area contributed by atoms with Crippen LogP contribution in [0, 0.1) is 0 Å². The molecule has 6 nitrogen and oxygen atoms in total. The van der Waals surface area contributed by atoms with Gasteiger partial charge in [-0.3, -0.25) is 14.4 Å². The number of allylic oxidation sites excluding steroid dienone is 16. The Balaban J connectivity index is 4.46. The molecule has 0 radical (unpaired) electrons. The van der Waals surface area contributed by atoms with Crippen LogP contribution in [0.25, 0.3) is 0 Å². The van der Waals surface area contributed by atoms with Crippen LogP contribution in [-0.4, -0.2) is 37.2 Å². The Morgan fingerprint density at radius 1 is 0.338 bits per heavy atom. The zero-order chi connectivity index (χ0) is 47.2. The molecule has 0 aliphatic rings. The lowest BCUT2D eigenvalue weighted by Gasteiger charge is -2.18. The minimum Gasteiger partial charge on any atom is -0.462 e. The van der Waals surface area contributed by atoms with E-state index >= 15 is 0 Å². The van der Waals surface area contributed by atoms with Crippen LogP contribution in [0.3, 0.4) is 0 Å². The molecule has 0 amide bonds. The van der Waals surface area contributed by atoms with Gasteiger partial charge in [0.15, 0.2) is 6.10 Å². The minimum absolute atomic E-state index is 0.110. The number of rotatable bonds is 47. The van der Waals surface area contributed by atoms with Gasteiger partial charge < -0.3 is 14.2 Å². The van der Waals surface area contributed by atoms with Crippen molar-refractivity contribution < 1.29 is 28.6 Å². The zero-order valence-corrected chi connectivity index (χ0v) is 42.2. The number of esters is 3. The van der Waals surface area contributed by atoms with Gasteiger partial charge in [0.05, 0.1) is 0 Å². The van der Waals surface area contributed by atoms with Gasteiger partial charge >= 0.3 is 17.9 Å². The molecule has 0 fully saturated rings. The van der Waals surface area contributed by atoms with Crippen molar-refractivity contribution in [1.82, 2.24) is 0 Å². The third-order valence-corrected chi connectivity index (χ3v) is 11.1. The van der Waals surface area contributed by atoms with Crippen LogP contribution in [0.15, 0.2) is 97.2 Å². The van der Waals surface area contributed by atoms with Crippen molar-refractivity contribution in [1.29, 1.82) is 0 Å². The molecular weight excluding hydrogens is 805 g/mol. The van der Waals surface area contributed by atoms with Crippen LogP contribution in [0.2, 0.25) is 0 Å². The van der Waals surface area contributed by atoms with E-state index in [9.17, 15) is 14.4 Å². The van der Waals surface area contributed by atoms with Crippen molar-refractivity contribution in [3.05, 3.63) is 97.2 Å².